The van der Waals surface area contributed by atoms with Crippen molar-refractivity contribution in [1.29, 1.82) is 0 Å². The average molecular weight is 243 g/mol. The Morgan fingerprint density at radius 2 is 2.25 bits per heavy atom. The van der Waals surface area contributed by atoms with E-state index in [4.69, 9.17) is 11.5 Å². The van der Waals surface area contributed by atoms with E-state index in [2.05, 4.69) is 17.1 Å². The molecule has 1 amide bonds. The molecule has 0 bridgehead atoms. The molecule has 6 nitrogen and oxygen atoms in total. The van der Waals surface area contributed by atoms with Gasteiger partial charge >= 0.3 is 0 Å². The maximum absolute atomic E-state index is 10.9. The number of hydrogen-bond donors (Lipinski definition) is 2. The predicted octanol–water partition coefficient (Wildman–Crippen LogP) is 0.208. The lowest BCUT2D eigenvalue weighted by atomic mass is 10.3. The van der Waals surface area contributed by atoms with Crippen LogP contribution in [0.2, 0.25) is 0 Å². The van der Waals surface area contributed by atoms with Crippen LogP contribution in [-0.2, 0) is 11.3 Å². The summed E-state index contributed by atoms with van der Waals surface area (Å²) in [6, 6.07) is 0. The molecule has 0 atom stereocenters. The second-order valence-electron chi connectivity index (χ2n) is 3.56. The van der Waals surface area contributed by atoms with Crippen molar-refractivity contribution in [3.05, 3.63) is 5.01 Å². The van der Waals surface area contributed by atoms with Crippen LogP contribution in [0.4, 0.5) is 5.13 Å². The Morgan fingerprint density at radius 1 is 1.50 bits per heavy atom. The highest BCUT2D eigenvalue weighted by molar-refractivity contribution is 7.15. The van der Waals surface area contributed by atoms with Crippen molar-refractivity contribution < 1.29 is 4.79 Å². The first-order chi connectivity index (χ1) is 7.61. The second-order valence-corrected chi connectivity index (χ2v) is 4.66. The fourth-order valence-corrected chi connectivity index (χ4v) is 1.99. The zero-order valence-corrected chi connectivity index (χ0v) is 10.2. The first-order valence-corrected chi connectivity index (χ1v) is 6.02. The summed E-state index contributed by atoms with van der Waals surface area (Å²) < 4.78 is 0. The number of aromatic nitrogens is 2. The lowest BCUT2D eigenvalue weighted by Gasteiger charge is -2.18. The van der Waals surface area contributed by atoms with E-state index in [0.29, 0.717) is 11.7 Å². The number of hydrogen-bond acceptors (Lipinski definition) is 6. The van der Waals surface area contributed by atoms with Crippen LogP contribution >= 0.6 is 11.3 Å². The molecule has 0 unspecified atom stereocenters. The number of unbranched alkanes of at least 4 members (excludes halogenated alkanes) is 1. The molecule has 0 radical (unpaired) electrons. The fourth-order valence-electron chi connectivity index (χ4n) is 1.34. The molecule has 0 aliphatic carbocycles. The van der Waals surface area contributed by atoms with Gasteiger partial charge in [0.05, 0.1) is 13.1 Å². The lowest BCUT2D eigenvalue weighted by Crippen LogP contribution is -2.34. The van der Waals surface area contributed by atoms with Gasteiger partial charge in [0.15, 0.2) is 0 Å². The van der Waals surface area contributed by atoms with Crippen molar-refractivity contribution in [2.45, 2.75) is 26.3 Å². The van der Waals surface area contributed by atoms with Crippen molar-refractivity contribution in [2.24, 2.45) is 5.73 Å². The molecule has 1 aromatic heterocycles. The number of anilines is 1. The number of amides is 1. The van der Waals surface area contributed by atoms with E-state index in [1.165, 1.54) is 11.3 Å². The number of carbonyl (C=O) groups is 1. The number of nitrogens with two attached hydrogens (primary N) is 2. The van der Waals surface area contributed by atoms with Gasteiger partial charge in [0, 0.05) is 0 Å². The Morgan fingerprint density at radius 3 is 2.75 bits per heavy atom. The SMILES string of the molecule is CCCCN(CC(N)=O)Cc1nnc(N)s1. The molecular formula is C9H17N5OS. The monoisotopic (exact) mass is 243 g/mol. The van der Waals surface area contributed by atoms with Crippen molar-refractivity contribution >= 4 is 22.4 Å². The van der Waals surface area contributed by atoms with Crippen molar-refractivity contribution in [1.82, 2.24) is 15.1 Å². The van der Waals surface area contributed by atoms with Gasteiger partial charge in [0.1, 0.15) is 5.01 Å². The minimum absolute atomic E-state index is 0.249. The van der Waals surface area contributed by atoms with E-state index in [-0.39, 0.29) is 12.5 Å². The number of carbonyl (C=O) groups excluding carboxylic acids is 1. The summed E-state index contributed by atoms with van der Waals surface area (Å²) in [4.78, 5) is 12.9. The summed E-state index contributed by atoms with van der Waals surface area (Å²) in [5.74, 6) is -0.325. The molecular weight excluding hydrogens is 226 g/mol. The van der Waals surface area contributed by atoms with Crippen molar-refractivity contribution in [3.63, 3.8) is 0 Å². The van der Waals surface area contributed by atoms with Crippen LogP contribution in [0.25, 0.3) is 0 Å². The first-order valence-electron chi connectivity index (χ1n) is 5.20. The van der Waals surface area contributed by atoms with Gasteiger partial charge in [-0.3, -0.25) is 9.69 Å². The Kier molecular flexibility index (Phi) is 5.13. The van der Waals surface area contributed by atoms with Crippen LogP contribution < -0.4 is 11.5 Å². The van der Waals surface area contributed by atoms with Crippen LogP contribution in [0.1, 0.15) is 24.8 Å². The third-order valence-electron chi connectivity index (χ3n) is 2.05. The molecule has 4 N–H and O–H groups in total. The van der Waals surface area contributed by atoms with Gasteiger partial charge in [-0.25, -0.2) is 0 Å². The zero-order chi connectivity index (χ0) is 12.0. The Labute approximate surface area is 98.6 Å². The van der Waals surface area contributed by atoms with Gasteiger partial charge in [0.2, 0.25) is 11.0 Å². The fraction of sp³-hybridized carbons (Fsp3) is 0.667. The molecule has 0 aliphatic heterocycles. The van der Waals surface area contributed by atoms with Crippen LogP contribution in [0.5, 0.6) is 0 Å². The molecule has 1 rings (SSSR count). The molecule has 0 saturated carbocycles. The predicted molar refractivity (Wildman–Crippen MR) is 63.7 cm³/mol. The molecule has 16 heavy (non-hydrogen) atoms. The van der Waals surface area contributed by atoms with Gasteiger partial charge in [-0.1, -0.05) is 24.7 Å². The smallest absolute Gasteiger partial charge is 0.231 e. The number of nitrogen functional groups attached to an aromatic ring is 1. The van der Waals surface area contributed by atoms with E-state index in [0.717, 1.165) is 24.4 Å². The molecule has 0 spiro atoms. The maximum atomic E-state index is 10.9. The highest BCUT2D eigenvalue weighted by Crippen LogP contribution is 2.13. The summed E-state index contributed by atoms with van der Waals surface area (Å²) >= 11 is 1.34. The average Bonchev–Trinajstić information content (AvgIpc) is 2.59. The van der Waals surface area contributed by atoms with Crippen LogP contribution in [0.3, 0.4) is 0 Å². The normalized spacial score (nSPS) is 10.9. The molecule has 0 aliphatic rings. The van der Waals surface area contributed by atoms with E-state index >= 15 is 0 Å². The molecule has 90 valence electrons. The number of primary amides is 1. The summed E-state index contributed by atoms with van der Waals surface area (Å²) in [5.41, 5.74) is 10.7. The van der Waals surface area contributed by atoms with Gasteiger partial charge in [-0.2, -0.15) is 0 Å². The quantitative estimate of drug-likeness (QED) is 0.713. The van der Waals surface area contributed by atoms with Gasteiger partial charge < -0.3 is 11.5 Å². The summed E-state index contributed by atoms with van der Waals surface area (Å²) in [6.45, 7) is 3.77. The van der Waals surface area contributed by atoms with E-state index in [9.17, 15) is 4.79 Å². The zero-order valence-electron chi connectivity index (χ0n) is 9.35. The molecule has 0 aromatic carbocycles. The third-order valence-corrected chi connectivity index (χ3v) is 2.79. The van der Waals surface area contributed by atoms with Gasteiger partial charge in [-0.05, 0) is 13.0 Å². The van der Waals surface area contributed by atoms with Crippen molar-refractivity contribution in [3.8, 4) is 0 Å². The number of nitrogens with zero attached hydrogens (tertiary/aromatic N) is 3. The second kappa shape index (κ2) is 6.39. The van der Waals surface area contributed by atoms with Crippen LogP contribution in [0, 0.1) is 0 Å². The lowest BCUT2D eigenvalue weighted by molar-refractivity contribution is -0.119. The summed E-state index contributed by atoms with van der Waals surface area (Å²) in [5, 5.41) is 8.92. The Bertz CT molecular complexity index is 340. The summed E-state index contributed by atoms with van der Waals surface area (Å²) in [6.07, 6.45) is 2.11. The topological polar surface area (TPSA) is 98.1 Å². The largest absolute Gasteiger partial charge is 0.374 e. The standard InChI is InChI=1S/C9H17N5OS/c1-2-3-4-14(5-7(10)15)6-8-12-13-9(11)16-8/h2-6H2,1H3,(H2,10,15)(H2,11,13). The van der Waals surface area contributed by atoms with Gasteiger partial charge in [0.25, 0.3) is 0 Å². The van der Waals surface area contributed by atoms with Gasteiger partial charge in [-0.15, -0.1) is 10.2 Å². The van der Waals surface area contributed by atoms with E-state index in [1.807, 2.05) is 4.90 Å². The number of rotatable bonds is 7. The molecule has 7 heteroatoms. The Balaban J connectivity index is 2.51. The van der Waals surface area contributed by atoms with E-state index < -0.39 is 0 Å². The maximum Gasteiger partial charge on any atom is 0.231 e. The molecule has 1 aromatic rings. The van der Waals surface area contributed by atoms with Crippen LogP contribution in [0.15, 0.2) is 0 Å². The third kappa shape index (κ3) is 4.54. The minimum Gasteiger partial charge on any atom is -0.374 e. The first kappa shape index (κ1) is 12.9. The summed E-state index contributed by atoms with van der Waals surface area (Å²) in [7, 11) is 0. The minimum atomic E-state index is -0.325. The van der Waals surface area contributed by atoms with Crippen molar-refractivity contribution in [2.75, 3.05) is 18.8 Å². The molecule has 0 saturated heterocycles. The highest BCUT2D eigenvalue weighted by atomic mass is 32.1. The Hall–Kier alpha value is -1.21. The van der Waals surface area contributed by atoms with Crippen LogP contribution in [-0.4, -0.2) is 34.1 Å². The van der Waals surface area contributed by atoms with E-state index in [1.54, 1.807) is 0 Å². The molecule has 1 heterocycles. The molecule has 0 fully saturated rings. The highest BCUT2D eigenvalue weighted by Gasteiger charge is 2.11.